The smallest absolute Gasteiger partial charge is 0.331 e. The topological polar surface area (TPSA) is 116 Å². The summed E-state index contributed by atoms with van der Waals surface area (Å²) >= 11 is 0. The number of aliphatic carboxylic acids is 1. The maximum absolute atomic E-state index is 11.6. The van der Waals surface area contributed by atoms with Crippen LogP contribution in [0.25, 0.3) is 0 Å². The van der Waals surface area contributed by atoms with Gasteiger partial charge in [-0.25, -0.2) is 4.79 Å². The van der Waals surface area contributed by atoms with Gasteiger partial charge in [0, 0.05) is 18.9 Å². The molecule has 1 aliphatic rings. The van der Waals surface area contributed by atoms with Crippen LogP contribution < -0.4 is 0 Å². The lowest BCUT2D eigenvalue weighted by molar-refractivity contribution is -0.159. The van der Waals surface area contributed by atoms with Crippen LogP contribution in [0.3, 0.4) is 0 Å². The molecule has 0 aromatic heterocycles. The van der Waals surface area contributed by atoms with Crippen molar-refractivity contribution in [3.63, 3.8) is 0 Å². The van der Waals surface area contributed by atoms with E-state index in [0.717, 1.165) is 13.2 Å². The molecule has 1 aliphatic carbocycles. The minimum absolute atomic E-state index is 0.00874. The summed E-state index contributed by atoms with van der Waals surface area (Å²) in [7, 11) is -3.86. The fourth-order valence-corrected chi connectivity index (χ4v) is 3.16. The highest BCUT2D eigenvalue weighted by Gasteiger charge is 2.41. The first kappa shape index (κ1) is 20.6. The molecule has 1 rings (SSSR count). The lowest BCUT2D eigenvalue weighted by Gasteiger charge is -2.36. The van der Waals surface area contributed by atoms with Crippen molar-refractivity contribution in [3.05, 3.63) is 11.6 Å². The average molecular weight is 364 g/mol. The molecule has 0 amide bonds. The minimum Gasteiger partial charge on any atom is -0.478 e. The van der Waals surface area contributed by atoms with Crippen molar-refractivity contribution in [2.45, 2.75) is 64.4 Å². The highest BCUT2D eigenvalue weighted by atomic mass is 32.2. The molecule has 0 fully saturated rings. The van der Waals surface area contributed by atoms with E-state index in [1.165, 1.54) is 6.08 Å². The quantitative estimate of drug-likeness (QED) is 0.505. The number of hydrogen-bond donors (Lipinski definition) is 1. The van der Waals surface area contributed by atoms with E-state index < -0.39 is 40.4 Å². The molecule has 3 atom stereocenters. The molecule has 0 unspecified atom stereocenters. The molecule has 0 heterocycles. The number of esters is 1. The Hall–Kier alpha value is -1.45. The van der Waals surface area contributed by atoms with Gasteiger partial charge >= 0.3 is 11.9 Å². The fraction of sp³-hybridized carbons (Fsp3) is 0.733. The van der Waals surface area contributed by atoms with Gasteiger partial charge in [0.15, 0.2) is 0 Å². The molecule has 0 bridgehead atoms. The maximum atomic E-state index is 11.6. The first-order chi connectivity index (χ1) is 11.1. The van der Waals surface area contributed by atoms with Crippen molar-refractivity contribution < 1.29 is 36.8 Å². The van der Waals surface area contributed by atoms with E-state index in [-0.39, 0.29) is 18.1 Å². The van der Waals surface area contributed by atoms with Crippen molar-refractivity contribution in [3.8, 4) is 0 Å². The van der Waals surface area contributed by atoms with Crippen LogP contribution in [0.1, 0.15) is 40.0 Å². The SMILES string of the molecule is CCC(CC)O[C@H]1C=C(C(=O)O)C[C@@H](OC(C)=O)[C@@H]1OS(C)(=O)=O. The van der Waals surface area contributed by atoms with Crippen LogP contribution in [0, 0.1) is 0 Å². The molecule has 0 saturated carbocycles. The Morgan fingerprint density at radius 3 is 2.33 bits per heavy atom. The lowest BCUT2D eigenvalue weighted by atomic mass is 9.91. The molecule has 24 heavy (non-hydrogen) atoms. The van der Waals surface area contributed by atoms with Crippen molar-refractivity contribution in [2.75, 3.05) is 6.26 Å². The zero-order valence-electron chi connectivity index (χ0n) is 14.2. The van der Waals surface area contributed by atoms with Crippen LogP contribution in [0.5, 0.6) is 0 Å². The first-order valence-corrected chi connectivity index (χ1v) is 9.53. The second-order valence-corrected chi connectivity index (χ2v) is 7.25. The number of rotatable bonds is 8. The van der Waals surface area contributed by atoms with Crippen LogP contribution in [-0.2, 0) is 33.4 Å². The summed E-state index contributed by atoms with van der Waals surface area (Å²) in [5, 5.41) is 9.25. The molecule has 0 spiro atoms. The van der Waals surface area contributed by atoms with E-state index in [0.29, 0.717) is 12.8 Å². The Labute approximate surface area is 141 Å². The number of carboxylic acids is 1. The predicted molar refractivity (Wildman–Crippen MR) is 84.8 cm³/mol. The minimum atomic E-state index is -3.86. The number of carbonyl (C=O) groups is 2. The summed E-state index contributed by atoms with van der Waals surface area (Å²) in [6.45, 7) is 4.95. The van der Waals surface area contributed by atoms with E-state index in [1.807, 2.05) is 13.8 Å². The van der Waals surface area contributed by atoms with Crippen molar-refractivity contribution in [1.82, 2.24) is 0 Å². The summed E-state index contributed by atoms with van der Waals surface area (Å²) < 4.78 is 39.1. The molecule has 9 heteroatoms. The highest BCUT2D eigenvalue weighted by Crippen LogP contribution is 2.29. The summed E-state index contributed by atoms with van der Waals surface area (Å²) in [5.74, 6) is -1.84. The Kier molecular flexibility index (Phi) is 7.37. The van der Waals surface area contributed by atoms with Gasteiger partial charge in [-0.3, -0.25) is 8.98 Å². The second-order valence-electron chi connectivity index (χ2n) is 5.65. The molecule has 0 aromatic rings. The Morgan fingerprint density at radius 2 is 1.92 bits per heavy atom. The molecule has 138 valence electrons. The number of hydrogen-bond acceptors (Lipinski definition) is 7. The van der Waals surface area contributed by atoms with Crippen LogP contribution in [0.2, 0.25) is 0 Å². The lowest BCUT2D eigenvalue weighted by Crippen LogP contribution is -2.48. The van der Waals surface area contributed by atoms with Crippen LogP contribution in [0.15, 0.2) is 11.6 Å². The van der Waals surface area contributed by atoms with E-state index >= 15 is 0 Å². The molecule has 0 aliphatic heterocycles. The largest absolute Gasteiger partial charge is 0.478 e. The molecule has 0 saturated heterocycles. The van der Waals surface area contributed by atoms with Crippen molar-refractivity contribution in [2.24, 2.45) is 0 Å². The monoisotopic (exact) mass is 364 g/mol. The van der Waals surface area contributed by atoms with Gasteiger partial charge < -0.3 is 14.6 Å². The third kappa shape index (κ3) is 6.21. The van der Waals surface area contributed by atoms with E-state index in [4.69, 9.17) is 13.7 Å². The number of carbonyl (C=O) groups excluding carboxylic acids is 1. The summed E-state index contributed by atoms with van der Waals surface area (Å²) in [4.78, 5) is 22.6. The Morgan fingerprint density at radius 1 is 1.33 bits per heavy atom. The molecule has 8 nitrogen and oxygen atoms in total. The normalized spacial score (nSPS) is 24.5. The third-order valence-corrected chi connectivity index (χ3v) is 4.19. The maximum Gasteiger partial charge on any atom is 0.331 e. The molecular formula is C15H24O8S. The van der Waals surface area contributed by atoms with Gasteiger partial charge in [0.25, 0.3) is 10.1 Å². The first-order valence-electron chi connectivity index (χ1n) is 7.72. The van der Waals surface area contributed by atoms with Gasteiger partial charge in [-0.15, -0.1) is 0 Å². The zero-order chi connectivity index (χ0) is 18.5. The highest BCUT2D eigenvalue weighted by molar-refractivity contribution is 7.86. The molecular weight excluding hydrogens is 340 g/mol. The second kappa shape index (κ2) is 8.59. The van der Waals surface area contributed by atoms with Crippen LogP contribution >= 0.6 is 0 Å². The van der Waals surface area contributed by atoms with Gasteiger partial charge in [-0.05, 0) is 18.9 Å². The predicted octanol–water partition coefficient (Wildman–Crippen LogP) is 1.25. The van der Waals surface area contributed by atoms with Crippen LogP contribution in [-0.4, -0.2) is 56.1 Å². The van der Waals surface area contributed by atoms with Gasteiger partial charge in [0.2, 0.25) is 0 Å². The van der Waals surface area contributed by atoms with Crippen molar-refractivity contribution in [1.29, 1.82) is 0 Å². The fourth-order valence-electron chi connectivity index (χ4n) is 2.52. The standard InChI is InChI=1S/C15H24O8S/c1-5-11(6-2)22-13-8-10(15(17)18)7-12(21-9(3)16)14(13)23-24(4,19)20/h8,11-14H,5-7H2,1-4H3,(H,17,18)/t12-,13+,14+/m1/s1. The average Bonchev–Trinajstić information content (AvgIpc) is 2.45. The number of carboxylic acid groups (broad SMARTS) is 1. The van der Waals surface area contributed by atoms with Gasteiger partial charge in [-0.1, -0.05) is 13.8 Å². The number of ether oxygens (including phenoxy) is 2. The molecule has 1 N–H and O–H groups in total. The Bertz CT molecular complexity index is 591. The zero-order valence-corrected chi connectivity index (χ0v) is 15.0. The summed E-state index contributed by atoms with van der Waals surface area (Å²) in [5.41, 5.74) is -0.00874. The molecule has 0 radical (unpaired) electrons. The third-order valence-electron chi connectivity index (χ3n) is 3.61. The van der Waals surface area contributed by atoms with E-state index in [1.54, 1.807) is 0 Å². The Balaban J connectivity index is 3.22. The van der Waals surface area contributed by atoms with Crippen molar-refractivity contribution >= 4 is 22.1 Å². The molecule has 0 aromatic carbocycles. The van der Waals surface area contributed by atoms with Gasteiger partial charge in [0.1, 0.15) is 18.3 Å². The van der Waals surface area contributed by atoms with E-state index in [9.17, 15) is 23.1 Å². The van der Waals surface area contributed by atoms with Gasteiger partial charge in [-0.2, -0.15) is 8.42 Å². The van der Waals surface area contributed by atoms with Gasteiger partial charge in [0.05, 0.1) is 12.4 Å². The van der Waals surface area contributed by atoms with E-state index in [2.05, 4.69) is 0 Å². The summed E-state index contributed by atoms with van der Waals surface area (Å²) in [6, 6.07) is 0. The summed E-state index contributed by atoms with van der Waals surface area (Å²) in [6.07, 6.45) is 0.0221. The van der Waals surface area contributed by atoms with Crippen LogP contribution in [0.4, 0.5) is 0 Å².